The number of benzene rings is 1. The van der Waals surface area contributed by atoms with Crippen molar-refractivity contribution in [2.75, 3.05) is 12.4 Å². The zero-order valence-corrected chi connectivity index (χ0v) is 12.2. The van der Waals surface area contributed by atoms with E-state index < -0.39 is 0 Å². The summed E-state index contributed by atoms with van der Waals surface area (Å²) in [5, 5.41) is 0. The smallest absolute Gasteiger partial charge is 0.0236 e. The molecule has 0 N–H and O–H groups in total. The van der Waals surface area contributed by atoms with E-state index in [1.807, 2.05) is 0 Å². The van der Waals surface area contributed by atoms with Crippen molar-refractivity contribution < 1.29 is 0 Å². The number of hydrogen-bond acceptors (Lipinski definition) is 1. The molecule has 0 aromatic heterocycles. The maximum absolute atomic E-state index is 5.77. The Labute approximate surface area is 111 Å². The number of hydrogen-bond donors (Lipinski definition) is 0. The van der Waals surface area contributed by atoms with Gasteiger partial charge < -0.3 is 0 Å². The zero-order valence-electron chi connectivity index (χ0n) is 11.5. The van der Waals surface area contributed by atoms with Crippen LogP contribution >= 0.6 is 11.6 Å². The first kappa shape index (κ1) is 14.5. The Bertz CT molecular complexity index is 347. The molecule has 0 aliphatic rings. The average molecular weight is 254 g/mol. The zero-order chi connectivity index (χ0) is 12.8. The van der Waals surface area contributed by atoms with Crippen molar-refractivity contribution in [2.24, 2.45) is 0 Å². The minimum Gasteiger partial charge on any atom is -0.297 e. The van der Waals surface area contributed by atoms with Crippen LogP contribution in [0, 0.1) is 13.8 Å². The van der Waals surface area contributed by atoms with Gasteiger partial charge in [-0.2, -0.15) is 0 Å². The molecule has 1 rings (SSSR count). The molecule has 0 bridgehead atoms. The maximum Gasteiger partial charge on any atom is 0.0236 e. The minimum absolute atomic E-state index is 0.569. The molecule has 0 atom stereocenters. The summed E-state index contributed by atoms with van der Waals surface area (Å²) < 4.78 is 0. The molecule has 1 aromatic rings. The van der Waals surface area contributed by atoms with Gasteiger partial charge in [0, 0.05) is 18.5 Å². The van der Waals surface area contributed by atoms with E-state index >= 15 is 0 Å². The van der Waals surface area contributed by atoms with E-state index in [4.69, 9.17) is 11.6 Å². The van der Waals surface area contributed by atoms with E-state index in [0.717, 1.165) is 25.4 Å². The summed E-state index contributed by atoms with van der Waals surface area (Å²) in [5.74, 6) is 0.746. The molecule has 1 nitrogen and oxygen atoms in total. The summed E-state index contributed by atoms with van der Waals surface area (Å²) in [5.41, 5.74) is 4.14. The van der Waals surface area contributed by atoms with Crippen LogP contribution in [0.1, 0.15) is 37.0 Å². The second-order valence-corrected chi connectivity index (χ2v) is 5.40. The molecular weight excluding hydrogens is 230 g/mol. The monoisotopic (exact) mass is 253 g/mol. The van der Waals surface area contributed by atoms with Gasteiger partial charge in [-0.25, -0.2) is 0 Å². The van der Waals surface area contributed by atoms with Crippen LogP contribution < -0.4 is 0 Å². The lowest BCUT2D eigenvalue weighted by Crippen LogP contribution is -2.31. The van der Waals surface area contributed by atoms with Crippen LogP contribution in [0.4, 0.5) is 0 Å². The first-order chi connectivity index (χ1) is 8.04. The van der Waals surface area contributed by atoms with Crippen LogP contribution in [0.2, 0.25) is 0 Å². The second-order valence-electron chi connectivity index (χ2n) is 5.03. The van der Waals surface area contributed by atoms with Crippen molar-refractivity contribution >= 4 is 11.6 Å². The molecule has 17 heavy (non-hydrogen) atoms. The number of nitrogens with zero attached hydrogens (tertiary/aromatic N) is 1. The van der Waals surface area contributed by atoms with Crippen molar-refractivity contribution in [2.45, 2.75) is 46.7 Å². The summed E-state index contributed by atoms with van der Waals surface area (Å²) in [6.07, 6.45) is 1.06. The second kappa shape index (κ2) is 7.03. The highest BCUT2D eigenvalue weighted by molar-refractivity contribution is 6.17. The summed E-state index contributed by atoms with van der Waals surface area (Å²) in [6, 6.07) is 7.31. The Kier molecular flexibility index (Phi) is 6.01. The predicted molar refractivity (Wildman–Crippen MR) is 76.8 cm³/mol. The maximum atomic E-state index is 5.77. The molecule has 0 fully saturated rings. The number of rotatable bonds is 6. The topological polar surface area (TPSA) is 3.24 Å². The summed E-state index contributed by atoms with van der Waals surface area (Å²) >= 11 is 5.77. The predicted octanol–water partition coefficient (Wildman–Crippen LogP) is 4.14. The molecule has 2 heteroatoms. The highest BCUT2D eigenvalue weighted by Gasteiger charge is 2.09. The van der Waals surface area contributed by atoms with Gasteiger partial charge in [0.2, 0.25) is 0 Å². The summed E-state index contributed by atoms with van der Waals surface area (Å²) in [6.45, 7) is 10.9. The summed E-state index contributed by atoms with van der Waals surface area (Å²) in [4.78, 5) is 2.48. The van der Waals surface area contributed by atoms with Crippen molar-refractivity contribution in [3.8, 4) is 0 Å². The van der Waals surface area contributed by atoms with Gasteiger partial charge in [0.1, 0.15) is 0 Å². The van der Waals surface area contributed by atoms with Gasteiger partial charge in [-0.05, 0) is 57.4 Å². The molecule has 0 amide bonds. The first-order valence-electron chi connectivity index (χ1n) is 6.40. The molecule has 0 spiro atoms. The lowest BCUT2D eigenvalue weighted by Gasteiger charge is -2.26. The minimum atomic E-state index is 0.569. The Balaban J connectivity index is 2.68. The normalized spacial score (nSPS) is 11.5. The Hall–Kier alpha value is -0.530. The highest BCUT2D eigenvalue weighted by Crippen LogP contribution is 2.13. The van der Waals surface area contributed by atoms with Gasteiger partial charge in [-0.1, -0.05) is 18.2 Å². The fourth-order valence-corrected chi connectivity index (χ4v) is 2.04. The molecule has 0 unspecified atom stereocenters. The van der Waals surface area contributed by atoms with Crippen LogP contribution in [-0.4, -0.2) is 23.4 Å². The molecule has 0 aliphatic carbocycles. The van der Waals surface area contributed by atoms with E-state index in [1.165, 1.54) is 16.7 Å². The standard InChI is InChI=1S/C15H24ClN/c1-12(2)17(9-5-8-16)11-15-7-6-13(3)14(4)10-15/h6-7,10,12H,5,8-9,11H2,1-4H3. The van der Waals surface area contributed by atoms with Gasteiger partial charge in [-0.3, -0.25) is 4.90 Å². The van der Waals surface area contributed by atoms with Crippen molar-refractivity contribution in [3.63, 3.8) is 0 Å². The Morgan fingerprint density at radius 1 is 1.18 bits per heavy atom. The van der Waals surface area contributed by atoms with Crippen molar-refractivity contribution in [1.29, 1.82) is 0 Å². The van der Waals surface area contributed by atoms with E-state index in [0.29, 0.717) is 6.04 Å². The third-order valence-electron chi connectivity index (χ3n) is 3.27. The van der Waals surface area contributed by atoms with E-state index in [2.05, 4.69) is 50.8 Å². The van der Waals surface area contributed by atoms with Crippen LogP contribution in [0.15, 0.2) is 18.2 Å². The lowest BCUT2D eigenvalue weighted by molar-refractivity contribution is 0.213. The SMILES string of the molecule is Cc1ccc(CN(CCCCl)C(C)C)cc1C. The fourth-order valence-electron chi connectivity index (χ4n) is 1.92. The van der Waals surface area contributed by atoms with Gasteiger partial charge >= 0.3 is 0 Å². The van der Waals surface area contributed by atoms with Crippen LogP contribution in [0.5, 0.6) is 0 Å². The van der Waals surface area contributed by atoms with Crippen LogP contribution in [-0.2, 0) is 6.54 Å². The van der Waals surface area contributed by atoms with E-state index in [9.17, 15) is 0 Å². The van der Waals surface area contributed by atoms with Gasteiger partial charge in [-0.15, -0.1) is 11.6 Å². The molecule has 0 saturated carbocycles. The van der Waals surface area contributed by atoms with Gasteiger partial charge in [0.25, 0.3) is 0 Å². The molecule has 0 saturated heterocycles. The summed E-state index contributed by atoms with van der Waals surface area (Å²) in [7, 11) is 0. The fraction of sp³-hybridized carbons (Fsp3) is 0.600. The largest absolute Gasteiger partial charge is 0.297 e. The Morgan fingerprint density at radius 2 is 1.88 bits per heavy atom. The van der Waals surface area contributed by atoms with Crippen LogP contribution in [0.3, 0.4) is 0 Å². The van der Waals surface area contributed by atoms with Crippen molar-refractivity contribution in [3.05, 3.63) is 34.9 Å². The molecule has 0 heterocycles. The molecule has 1 aromatic carbocycles. The van der Waals surface area contributed by atoms with Gasteiger partial charge in [0.15, 0.2) is 0 Å². The number of alkyl halides is 1. The number of halogens is 1. The quantitative estimate of drug-likeness (QED) is 0.689. The van der Waals surface area contributed by atoms with Crippen LogP contribution in [0.25, 0.3) is 0 Å². The third kappa shape index (κ3) is 4.69. The first-order valence-corrected chi connectivity index (χ1v) is 6.94. The molecule has 96 valence electrons. The van der Waals surface area contributed by atoms with E-state index in [-0.39, 0.29) is 0 Å². The lowest BCUT2D eigenvalue weighted by atomic mass is 10.1. The molecule has 0 aliphatic heterocycles. The average Bonchev–Trinajstić information content (AvgIpc) is 2.28. The van der Waals surface area contributed by atoms with E-state index in [1.54, 1.807) is 0 Å². The number of aryl methyl sites for hydroxylation is 2. The molecular formula is C15H24ClN. The Morgan fingerprint density at radius 3 is 2.41 bits per heavy atom. The molecule has 0 radical (unpaired) electrons. The van der Waals surface area contributed by atoms with Crippen molar-refractivity contribution in [1.82, 2.24) is 4.90 Å². The highest BCUT2D eigenvalue weighted by atomic mass is 35.5. The van der Waals surface area contributed by atoms with Gasteiger partial charge in [0.05, 0.1) is 0 Å². The third-order valence-corrected chi connectivity index (χ3v) is 3.53.